The van der Waals surface area contributed by atoms with Crippen molar-refractivity contribution in [2.45, 2.75) is 38.1 Å². The normalized spacial score (nSPS) is 17.3. The second-order valence-corrected chi connectivity index (χ2v) is 4.85. The first-order valence-corrected chi connectivity index (χ1v) is 6.05. The lowest BCUT2D eigenvalue weighted by molar-refractivity contribution is 0.269. The van der Waals surface area contributed by atoms with Gasteiger partial charge in [-0.2, -0.15) is 5.26 Å². The highest BCUT2D eigenvalue weighted by atomic mass is 35.5. The number of benzene rings is 1. The van der Waals surface area contributed by atoms with Crippen molar-refractivity contribution >= 4 is 17.3 Å². The molecule has 0 amide bonds. The minimum Gasteiger partial charge on any atom is -0.379 e. The minimum atomic E-state index is 0.191. The molecule has 0 bridgehead atoms. The molecule has 1 saturated carbocycles. The van der Waals surface area contributed by atoms with Gasteiger partial charge in [0.25, 0.3) is 0 Å². The molecule has 1 aliphatic rings. The van der Waals surface area contributed by atoms with Crippen LogP contribution in [0, 0.1) is 11.3 Å². The predicted octanol–water partition coefficient (Wildman–Crippen LogP) is 3.96. The maximum atomic E-state index is 9.04. The van der Waals surface area contributed by atoms with Crippen LogP contribution in [0.25, 0.3) is 0 Å². The van der Waals surface area contributed by atoms with Crippen molar-refractivity contribution in [3.8, 4) is 6.07 Å². The van der Waals surface area contributed by atoms with E-state index in [2.05, 4.69) is 18.3 Å². The van der Waals surface area contributed by atoms with Gasteiger partial charge in [0, 0.05) is 10.6 Å². The number of anilines is 1. The Morgan fingerprint density at radius 2 is 2.25 bits per heavy atom. The standard InChI is InChI=1S/C13H15ClN2/c1-2-13(6-3-7-13)16-12-8-11(14)5-4-10(12)9-15/h4-5,8,16H,2-3,6-7H2,1H3. The van der Waals surface area contributed by atoms with Crippen LogP contribution in [0.5, 0.6) is 0 Å². The summed E-state index contributed by atoms with van der Waals surface area (Å²) in [5.74, 6) is 0. The molecule has 1 fully saturated rings. The number of nitrogens with one attached hydrogen (secondary N) is 1. The maximum Gasteiger partial charge on any atom is 0.101 e. The summed E-state index contributed by atoms with van der Waals surface area (Å²) in [5, 5.41) is 13.2. The average molecular weight is 235 g/mol. The fraction of sp³-hybridized carbons (Fsp3) is 0.462. The lowest BCUT2D eigenvalue weighted by Crippen LogP contribution is -2.44. The van der Waals surface area contributed by atoms with Gasteiger partial charge in [-0.15, -0.1) is 0 Å². The van der Waals surface area contributed by atoms with Gasteiger partial charge in [-0.3, -0.25) is 0 Å². The van der Waals surface area contributed by atoms with E-state index in [1.807, 2.05) is 6.07 Å². The summed E-state index contributed by atoms with van der Waals surface area (Å²) in [5.41, 5.74) is 1.73. The van der Waals surface area contributed by atoms with Crippen LogP contribution in [0.2, 0.25) is 5.02 Å². The van der Waals surface area contributed by atoms with E-state index in [4.69, 9.17) is 16.9 Å². The summed E-state index contributed by atoms with van der Waals surface area (Å²) in [4.78, 5) is 0. The van der Waals surface area contributed by atoms with E-state index in [1.54, 1.807) is 12.1 Å². The Morgan fingerprint density at radius 1 is 1.50 bits per heavy atom. The van der Waals surface area contributed by atoms with Gasteiger partial charge in [-0.25, -0.2) is 0 Å². The van der Waals surface area contributed by atoms with E-state index in [9.17, 15) is 0 Å². The molecule has 0 aliphatic heterocycles. The Balaban J connectivity index is 2.26. The quantitative estimate of drug-likeness (QED) is 0.860. The fourth-order valence-corrected chi connectivity index (χ4v) is 2.35. The number of hydrogen-bond donors (Lipinski definition) is 1. The molecule has 1 aliphatic carbocycles. The van der Waals surface area contributed by atoms with Crippen molar-refractivity contribution in [1.82, 2.24) is 0 Å². The first-order valence-electron chi connectivity index (χ1n) is 5.67. The highest BCUT2D eigenvalue weighted by molar-refractivity contribution is 6.30. The van der Waals surface area contributed by atoms with E-state index in [1.165, 1.54) is 19.3 Å². The van der Waals surface area contributed by atoms with Gasteiger partial charge in [0.2, 0.25) is 0 Å². The average Bonchev–Trinajstić information content (AvgIpc) is 2.24. The number of hydrogen-bond acceptors (Lipinski definition) is 2. The molecule has 0 aromatic heterocycles. The fourth-order valence-electron chi connectivity index (χ4n) is 2.17. The van der Waals surface area contributed by atoms with E-state index in [0.717, 1.165) is 12.1 Å². The van der Waals surface area contributed by atoms with Gasteiger partial charge < -0.3 is 5.32 Å². The highest BCUT2D eigenvalue weighted by Crippen LogP contribution is 2.39. The molecule has 0 saturated heterocycles. The molecule has 0 unspecified atom stereocenters. The van der Waals surface area contributed by atoms with Crippen LogP contribution in [0.1, 0.15) is 38.2 Å². The van der Waals surface area contributed by atoms with Crippen LogP contribution in [-0.2, 0) is 0 Å². The second-order valence-electron chi connectivity index (χ2n) is 4.41. The van der Waals surface area contributed by atoms with Crippen LogP contribution < -0.4 is 5.32 Å². The molecular formula is C13H15ClN2. The van der Waals surface area contributed by atoms with Crippen molar-refractivity contribution in [1.29, 1.82) is 5.26 Å². The van der Waals surface area contributed by atoms with Crippen LogP contribution >= 0.6 is 11.6 Å². The second kappa shape index (κ2) is 4.35. The molecule has 0 atom stereocenters. The summed E-state index contributed by atoms with van der Waals surface area (Å²) in [6, 6.07) is 7.56. The zero-order valence-corrected chi connectivity index (χ0v) is 10.1. The Morgan fingerprint density at radius 3 is 2.75 bits per heavy atom. The Hall–Kier alpha value is -1.20. The third-order valence-electron chi connectivity index (χ3n) is 3.49. The molecule has 2 rings (SSSR count). The number of nitriles is 1. The number of nitrogens with zero attached hydrogens (tertiary/aromatic N) is 1. The first-order chi connectivity index (χ1) is 7.69. The molecule has 3 heteroatoms. The molecule has 0 spiro atoms. The van der Waals surface area contributed by atoms with Crippen molar-refractivity contribution in [2.24, 2.45) is 0 Å². The highest BCUT2D eigenvalue weighted by Gasteiger charge is 2.35. The molecule has 2 nitrogen and oxygen atoms in total. The van der Waals surface area contributed by atoms with Crippen LogP contribution in [0.15, 0.2) is 18.2 Å². The van der Waals surface area contributed by atoms with E-state index < -0.39 is 0 Å². The smallest absolute Gasteiger partial charge is 0.101 e. The first kappa shape index (κ1) is 11.3. The summed E-state index contributed by atoms with van der Waals surface area (Å²) in [6.07, 6.45) is 4.72. The van der Waals surface area contributed by atoms with E-state index in [-0.39, 0.29) is 5.54 Å². The molecule has 0 heterocycles. The lowest BCUT2D eigenvalue weighted by Gasteiger charge is -2.43. The molecule has 0 radical (unpaired) electrons. The summed E-state index contributed by atoms with van der Waals surface area (Å²) in [6.45, 7) is 2.18. The summed E-state index contributed by atoms with van der Waals surface area (Å²) >= 11 is 5.96. The van der Waals surface area contributed by atoms with Gasteiger partial charge in [-0.1, -0.05) is 18.5 Å². The van der Waals surface area contributed by atoms with Gasteiger partial charge in [0.1, 0.15) is 6.07 Å². The zero-order valence-electron chi connectivity index (χ0n) is 9.39. The SMILES string of the molecule is CCC1(Nc2cc(Cl)ccc2C#N)CCC1. The molecule has 84 valence electrons. The van der Waals surface area contributed by atoms with Gasteiger partial charge >= 0.3 is 0 Å². The Bertz CT molecular complexity index is 425. The van der Waals surface area contributed by atoms with Crippen molar-refractivity contribution < 1.29 is 0 Å². The Labute approximate surface area is 101 Å². The largest absolute Gasteiger partial charge is 0.379 e. The minimum absolute atomic E-state index is 0.191. The van der Waals surface area contributed by atoms with Crippen molar-refractivity contribution in [2.75, 3.05) is 5.32 Å². The molecule has 1 aromatic carbocycles. The molecule has 1 N–H and O–H groups in total. The molecule has 16 heavy (non-hydrogen) atoms. The van der Waals surface area contributed by atoms with Crippen LogP contribution in [0.4, 0.5) is 5.69 Å². The maximum absolute atomic E-state index is 9.04. The van der Waals surface area contributed by atoms with Gasteiger partial charge in [0.15, 0.2) is 0 Å². The Kier molecular flexibility index (Phi) is 3.07. The van der Waals surface area contributed by atoms with E-state index in [0.29, 0.717) is 10.6 Å². The third-order valence-corrected chi connectivity index (χ3v) is 3.72. The van der Waals surface area contributed by atoms with Crippen molar-refractivity contribution in [3.63, 3.8) is 0 Å². The number of rotatable bonds is 3. The molecule has 1 aromatic rings. The monoisotopic (exact) mass is 234 g/mol. The number of halogens is 1. The van der Waals surface area contributed by atoms with Crippen LogP contribution in [0.3, 0.4) is 0 Å². The zero-order chi connectivity index (χ0) is 11.6. The van der Waals surface area contributed by atoms with E-state index >= 15 is 0 Å². The predicted molar refractivity (Wildman–Crippen MR) is 66.7 cm³/mol. The topological polar surface area (TPSA) is 35.8 Å². The van der Waals surface area contributed by atoms with Gasteiger partial charge in [-0.05, 0) is 43.9 Å². The summed E-state index contributed by atoms with van der Waals surface area (Å²) in [7, 11) is 0. The summed E-state index contributed by atoms with van der Waals surface area (Å²) < 4.78 is 0. The van der Waals surface area contributed by atoms with Crippen LogP contribution in [-0.4, -0.2) is 5.54 Å². The van der Waals surface area contributed by atoms with Crippen molar-refractivity contribution in [3.05, 3.63) is 28.8 Å². The third kappa shape index (κ3) is 2.01. The van der Waals surface area contributed by atoms with Gasteiger partial charge in [0.05, 0.1) is 11.3 Å². The molecular weight excluding hydrogens is 220 g/mol. The lowest BCUT2D eigenvalue weighted by atomic mass is 9.74.